The molecular weight excluding hydrogens is 264 g/mol. The van der Waals surface area contributed by atoms with Crippen LogP contribution in [-0.4, -0.2) is 19.0 Å². The van der Waals surface area contributed by atoms with Crippen LogP contribution in [0.4, 0.5) is 0 Å². The van der Waals surface area contributed by atoms with Gasteiger partial charge in [-0.25, -0.2) is 0 Å². The fourth-order valence-electron chi connectivity index (χ4n) is 3.09. The fraction of sp³-hybridized carbons (Fsp3) is 0.278. The molecule has 0 spiro atoms. The lowest BCUT2D eigenvalue weighted by Gasteiger charge is -2.12. The van der Waals surface area contributed by atoms with E-state index in [1.807, 2.05) is 30.3 Å². The zero-order valence-corrected chi connectivity index (χ0v) is 11.7. The highest BCUT2D eigenvalue weighted by Gasteiger charge is 2.23. The summed E-state index contributed by atoms with van der Waals surface area (Å²) in [6, 6.07) is 12.0. The van der Waals surface area contributed by atoms with E-state index in [9.17, 15) is 4.79 Å². The first-order valence-electron chi connectivity index (χ1n) is 7.38. The van der Waals surface area contributed by atoms with E-state index in [2.05, 4.69) is 6.07 Å². The van der Waals surface area contributed by atoms with Crippen LogP contribution in [0.1, 0.15) is 28.8 Å². The minimum atomic E-state index is 0.251. The molecule has 1 aliphatic carbocycles. The van der Waals surface area contributed by atoms with Crippen LogP contribution in [0.25, 0.3) is 11.1 Å². The van der Waals surface area contributed by atoms with Gasteiger partial charge in [0.1, 0.15) is 0 Å². The topological polar surface area (TPSA) is 35.5 Å². The highest BCUT2D eigenvalue weighted by atomic mass is 16.5. The van der Waals surface area contributed by atoms with Crippen LogP contribution < -0.4 is 9.47 Å². The predicted octanol–water partition coefficient (Wildman–Crippen LogP) is 3.64. The van der Waals surface area contributed by atoms with Crippen LogP contribution in [0.5, 0.6) is 11.5 Å². The van der Waals surface area contributed by atoms with Gasteiger partial charge >= 0.3 is 0 Å². The van der Waals surface area contributed by atoms with Crippen LogP contribution in [0, 0.1) is 0 Å². The third kappa shape index (κ3) is 2.09. The number of benzene rings is 2. The highest BCUT2D eigenvalue weighted by molar-refractivity contribution is 6.02. The Labute approximate surface area is 123 Å². The molecular formula is C18H16O3. The van der Waals surface area contributed by atoms with Crippen LogP contribution in [0.2, 0.25) is 0 Å². The molecule has 2 aromatic rings. The SMILES string of the molecule is O=C1CCc2c1cccc2-c1ccc2c(c1)OCCCO2. The van der Waals surface area contributed by atoms with Gasteiger partial charge in [0.25, 0.3) is 0 Å². The molecule has 0 bridgehead atoms. The van der Waals surface area contributed by atoms with Crippen molar-refractivity contribution in [1.29, 1.82) is 0 Å². The normalized spacial score (nSPS) is 16.5. The molecule has 2 aliphatic rings. The molecule has 2 aromatic carbocycles. The number of carbonyl (C=O) groups is 1. The third-order valence-electron chi connectivity index (χ3n) is 4.14. The van der Waals surface area contributed by atoms with Crippen molar-refractivity contribution in [2.24, 2.45) is 0 Å². The quantitative estimate of drug-likeness (QED) is 0.800. The summed E-state index contributed by atoms with van der Waals surface area (Å²) in [5, 5.41) is 0. The average Bonchev–Trinajstić information content (AvgIpc) is 2.75. The first-order chi connectivity index (χ1) is 10.3. The number of carbonyl (C=O) groups excluding carboxylic acids is 1. The Kier molecular flexibility index (Phi) is 2.92. The highest BCUT2D eigenvalue weighted by Crippen LogP contribution is 2.37. The molecule has 21 heavy (non-hydrogen) atoms. The monoisotopic (exact) mass is 280 g/mol. The zero-order chi connectivity index (χ0) is 14.2. The summed E-state index contributed by atoms with van der Waals surface area (Å²) < 4.78 is 11.4. The van der Waals surface area contributed by atoms with Crippen molar-refractivity contribution in [3.8, 4) is 22.6 Å². The van der Waals surface area contributed by atoms with Crippen molar-refractivity contribution < 1.29 is 14.3 Å². The molecule has 1 aliphatic heterocycles. The molecule has 0 N–H and O–H groups in total. The molecule has 3 heteroatoms. The van der Waals surface area contributed by atoms with E-state index in [0.717, 1.165) is 46.6 Å². The molecule has 3 nitrogen and oxygen atoms in total. The van der Waals surface area contributed by atoms with Crippen molar-refractivity contribution in [1.82, 2.24) is 0 Å². The van der Waals surface area contributed by atoms with E-state index in [4.69, 9.17) is 9.47 Å². The lowest BCUT2D eigenvalue weighted by atomic mass is 9.96. The van der Waals surface area contributed by atoms with Gasteiger partial charge in [0, 0.05) is 18.4 Å². The van der Waals surface area contributed by atoms with Crippen molar-refractivity contribution >= 4 is 5.78 Å². The molecule has 0 saturated heterocycles. The van der Waals surface area contributed by atoms with Gasteiger partial charge in [-0.1, -0.05) is 24.3 Å². The van der Waals surface area contributed by atoms with Gasteiger partial charge in [-0.2, -0.15) is 0 Å². The Balaban J connectivity index is 1.81. The molecule has 0 unspecified atom stereocenters. The van der Waals surface area contributed by atoms with E-state index in [1.165, 1.54) is 0 Å². The summed E-state index contributed by atoms with van der Waals surface area (Å²) in [6.07, 6.45) is 2.36. The first-order valence-corrected chi connectivity index (χ1v) is 7.38. The van der Waals surface area contributed by atoms with Gasteiger partial charge < -0.3 is 9.47 Å². The molecule has 4 rings (SSSR count). The van der Waals surface area contributed by atoms with Gasteiger partial charge in [0.05, 0.1) is 13.2 Å². The van der Waals surface area contributed by atoms with Crippen LogP contribution >= 0.6 is 0 Å². The van der Waals surface area contributed by atoms with Gasteiger partial charge in [0.2, 0.25) is 0 Å². The van der Waals surface area contributed by atoms with Gasteiger partial charge in [-0.3, -0.25) is 4.79 Å². The van der Waals surface area contributed by atoms with Crippen molar-refractivity contribution in [2.45, 2.75) is 19.3 Å². The second kappa shape index (κ2) is 4.92. The van der Waals surface area contributed by atoms with Gasteiger partial charge in [-0.05, 0) is 35.2 Å². The molecule has 1 heterocycles. The Hall–Kier alpha value is -2.29. The molecule has 0 amide bonds. The third-order valence-corrected chi connectivity index (χ3v) is 4.14. The summed E-state index contributed by atoms with van der Waals surface area (Å²) in [5.41, 5.74) is 4.26. The maximum Gasteiger partial charge on any atom is 0.163 e. The number of ketones is 1. The largest absolute Gasteiger partial charge is 0.490 e. The van der Waals surface area contributed by atoms with E-state index < -0.39 is 0 Å². The van der Waals surface area contributed by atoms with Crippen molar-refractivity contribution in [2.75, 3.05) is 13.2 Å². The van der Waals surface area contributed by atoms with E-state index in [1.54, 1.807) is 0 Å². The van der Waals surface area contributed by atoms with Crippen LogP contribution in [0.15, 0.2) is 36.4 Å². The smallest absolute Gasteiger partial charge is 0.163 e. The summed E-state index contributed by atoms with van der Waals surface area (Å²) in [7, 11) is 0. The summed E-state index contributed by atoms with van der Waals surface area (Å²) in [6.45, 7) is 1.38. The number of ether oxygens (including phenoxy) is 2. The summed E-state index contributed by atoms with van der Waals surface area (Å²) >= 11 is 0. The molecule has 0 aromatic heterocycles. The fourth-order valence-corrected chi connectivity index (χ4v) is 3.09. The van der Waals surface area contributed by atoms with E-state index >= 15 is 0 Å². The number of hydrogen-bond donors (Lipinski definition) is 0. The van der Waals surface area contributed by atoms with E-state index in [0.29, 0.717) is 19.6 Å². The van der Waals surface area contributed by atoms with Crippen LogP contribution in [-0.2, 0) is 6.42 Å². The molecule has 0 fully saturated rings. The molecule has 0 radical (unpaired) electrons. The summed E-state index contributed by atoms with van der Waals surface area (Å²) in [4.78, 5) is 11.9. The number of Topliss-reactive ketones (excluding diaryl/α,β-unsaturated/α-hetero) is 1. The number of fused-ring (bicyclic) bond motifs is 2. The maximum atomic E-state index is 11.9. The number of rotatable bonds is 1. The van der Waals surface area contributed by atoms with Gasteiger partial charge in [0.15, 0.2) is 17.3 Å². The van der Waals surface area contributed by atoms with Crippen LogP contribution in [0.3, 0.4) is 0 Å². The lowest BCUT2D eigenvalue weighted by molar-refractivity contribution is 0.0994. The first kappa shape index (κ1) is 12.5. The van der Waals surface area contributed by atoms with Gasteiger partial charge in [-0.15, -0.1) is 0 Å². The molecule has 0 atom stereocenters. The minimum absolute atomic E-state index is 0.251. The minimum Gasteiger partial charge on any atom is -0.490 e. The average molecular weight is 280 g/mol. The Morgan fingerprint density at radius 1 is 0.857 bits per heavy atom. The van der Waals surface area contributed by atoms with Crippen molar-refractivity contribution in [3.63, 3.8) is 0 Å². The molecule has 0 saturated carbocycles. The summed E-state index contributed by atoms with van der Waals surface area (Å²) in [5.74, 6) is 1.85. The Morgan fingerprint density at radius 2 is 1.67 bits per heavy atom. The van der Waals surface area contributed by atoms with E-state index in [-0.39, 0.29) is 5.78 Å². The Morgan fingerprint density at radius 3 is 2.57 bits per heavy atom. The molecule has 106 valence electrons. The maximum absolute atomic E-state index is 11.9. The lowest BCUT2D eigenvalue weighted by Crippen LogP contribution is -1.97. The number of hydrogen-bond acceptors (Lipinski definition) is 3. The van der Waals surface area contributed by atoms with Crippen molar-refractivity contribution in [3.05, 3.63) is 47.5 Å². The second-order valence-electron chi connectivity index (χ2n) is 5.47. The zero-order valence-electron chi connectivity index (χ0n) is 11.7. The standard InChI is InChI=1S/C18H16O3/c19-16-7-6-14-13(3-1-4-15(14)16)12-5-8-17-18(11-12)21-10-2-9-20-17/h1,3-5,8,11H,2,6-7,9-10H2. The Bertz CT molecular complexity index is 718. The second-order valence-corrected chi connectivity index (χ2v) is 5.47. The predicted molar refractivity (Wildman–Crippen MR) is 80.1 cm³/mol.